The van der Waals surface area contributed by atoms with Crippen LogP contribution in [0.5, 0.6) is 5.75 Å². The number of hydrogen-bond acceptors (Lipinski definition) is 4. The molecule has 1 aliphatic rings. The minimum atomic E-state index is 0.316. The third-order valence-electron chi connectivity index (χ3n) is 3.58. The summed E-state index contributed by atoms with van der Waals surface area (Å²) in [5.41, 5.74) is 1.28. The van der Waals surface area contributed by atoms with Gasteiger partial charge in [-0.25, -0.2) is 4.98 Å². The van der Waals surface area contributed by atoms with Crippen LogP contribution >= 0.6 is 0 Å². The molecule has 1 aromatic heterocycles. The number of ether oxygens (including phenoxy) is 1. The zero-order valence-corrected chi connectivity index (χ0v) is 11.2. The molecule has 1 aromatic carbocycles. The Labute approximate surface area is 112 Å². The summed E-state index contributed by atoms with van der Waals surface area (Å²) in [6.07, 6.45) is 1.75. The average molecular weight is 258 g/mol. The summed E-state index contributed by atoms with van der Waals surface area (Å²) in [6, 6.07) is 8.55. The molecule has 2 unspecified atom stereocenters. The molecule has 100 valence electrons. The first kappa shape index (κ1) is 12.2. The van der Waals surface area contributed by atoms with Crippen molar-refractivity contribution in [2.24, 2.45) is 0 Å². The number of benzene rings is 1. The van der Waals surface area contributed by atoms with Crippen LogP contribution in [0, 0.1) is 6.92 Å². The maximum absolute atomic E-state index is 5.71. The van der Waals surface area contributed by atoms with Gasteiger partial charge in [-0.05, 0) is 19.9 Å². The standard InChI is InChI=1S/C15H18N2O2/c1-10-7-17-15(19-10)8-16-11(2)13-9-18-14-6-4-3-5-12(13)14/h3-7,11,13,16H,8-9H2,1-2H3. The molecule has 0 fully saturated rings. The summed E-state index contributed by atoms with van der Waals surface area (Å²) >= 11 is 0. The first-order valence-electron chi connectivity index (χ1n) is 6.60. The highest BCUT2D eigenvalue weighted by molar-refractivity contribution is 5.40. The van der Waals surface area contributed by atoms with Crippen molar-refractivity contribution in [2.45, 2.75) is 32.4 Å². The largest absolute Gasteiger partial charge is 0.493 e. The highest BCUT2D eigenvalue weighted by Crippen LogP contribution is 2.35. The molecule has 0 saturated heterocycles. The van der Waals surface area contributed by atoms with Gasteiger partial charge in [0, 0.05) is 17.5 Å². The van der Waals surface area contributed by atoms with Crippen molar-refractivity contribution in [1.29, 1.82) is 0 Å². The number of nitrogens with zero attached hydrogens (tertiary/aromatic N) is 1. The number of para-hydroxylation sites is 1. The second kappa shape index (κ2) is 5.05. The van der Waals surface area contributed by atoms with E-state index < -0.39 is 0 Å². The molecular formula is C15H18N2O2. The van der Waals surface area contributed by atoms with Crippen LogP contribution in [0.25, 0.3) is 0 Å². The third-order valence-corrected chi connectivity index (χ3v) is 3.58. The van der Waals surface area contributed by atoms with Gasteiger partial charge in [-0.3, -0.25) is 0 Å². The number of nitrogens with one attached hydrogen (secondary N) is 1. The van der Waals surface area contributed by atoms with E-state index in [4.69, 9.17) is 9.15 Å². The van der Waals surface area contributed by atoms with Gasteiger partial charge in [0.15, 0.2) is 0 Å². The van der Waals surface area contributed by atoms with Crippen LogP contribution in [-0.2, 0) is 6.54 Å². The molecule has 1 N–H and O–H groups in total. The van der Waals surface area contributed by atoms with Crippen molar-refractivity contribution in [2.75, 3.05) is 6.61 Å². The maximum Gasteiger partial charge on any atom is 0.208 e. The van der Waals surface area contributed by atoms with Crippen molar-refractivity contribution in [3.05, 3.63) is 47.7 Å². The topological polar surface area (TPSA) is 47.3 Å². The Hall–Kier alpha value is -1.81. The second-order valence-corrected chi connectivity index (χ2v) is 4.99. The number of aryl methyl sites for hydroxylation is 1. The highest BCUT2D eigenvalue weighted by atomic mass is 16.5. The van der Waals surface area contributed by atoms with Gasteiger partial charge in [0.05, 0.1) is 19.3 Å². The van der Waals surface area contributed by atoms with Gasteiger partial charge in [0.1, 0.15) is 11.5 Å². The Balaban J connectivity index is 1.64. The summed E-state index contributed by atoms with van der Waals surface area (Å²) in [5, 5.41) is 3.46. The number of oxazole rings is 1. The molecule has 2 aromatic rings. The molecule has 4 heteroatoms. The predicted molar refractivity (Wildman–Crippen MR) is 72.2 cm³/mol. The minimum Gasteiger partial charge on any atom is -0.493 e. The van der Waals surface area contributed by atoms with Crippen LogP contribution in [0.15, 0.2) is 34.9 Å². The molecule has 0 radical (unpaired) electrons. The van der Waals surface area contributed by atoms with E-state index in [2.05, 4.69) is 29.4 Å². The van der Waals surface area contributed by atoms with Gasteiger partial charge in [-0.15, -0.1) is 0 Å². The van der Waals surface area contributed by atoms with E-state index in [0.717, 1.165) is 24.0 Å². The predicted octanol–water partition coefficient (Wildman–Crippen LogP) is 2.64. The molecule has 19 heavy (non-hydrogen) atoms. The summed E-state index contributed by atoms with van der Waals surface area (Å²) < 4.78 is 11.2. The lowest BCUT2D eigenvalue weighted by molar-refractivity contribution is 0.299. The Morgan fingerprint density at radius 3 is 3.05 bits per heavy atom. The van der Waals surface area contributed by atoms with Gasteiger partial charge in [-0.2, -0.15) is 0 Å². The van der Waals surface area contributed by atoms with Crippen molar-refractivity contribution in [3.63, 3.8) is 0 Å². The van der Waals surface area contributed by atoms with E-state index in [1.165, 1.54) is 5.56 Å². The third kappa shape index (κ3) is 2.49. The van der Waals surface area contributed by atoms with Crippen LogP contribution in [0.2, 0.25) is 0 Å². The molecule has 4 nitrogen and oxygen atoms in total. The van der Waals surface area contributed by atoms with Crippen LogP contribution in [0.3, 0.4) is 0 Å². The van der Waals surface area contributed by atoms with Crippen LogP contribution in [0.4, 0.5) is 0 Å². The summed E-state index contributed by atoms with van der Waals surface area (Å²) in [5.74, 6) is 2.97. The molecule has 0 bridgehead atoms. The molecule has 3 rings (SSSR count). The molecule has 2 atom stereocenters. The maximum atomic E-state index is 5.71. The normalized spacial score (nSPS) is 18.9. The first-order valence-corrected chi connectivity index (χ1v) is 6.60. The van der Waals surface area contributed by atoms with Crippen molar-refractivity contribution >= 4 is 0 Å². The molecule has 0 spiro atoms. The summed E-state index contributed by atoms with van der Waals surface area (Å²) in [6.45, 7) is 5.46. The van der Waals surface area contributed by atoms with Gasteiger partial charge >= 0.3 is 0 Å². The molecule has 2 heterocycles. The fourth-order valence-corrected chi connectivity index (χ4v) is 2.48. The van der Waals surface area contributed by atoms with Gasteiger partial charge in [-0.1, -0.05) is 18.2 Å². The number of aromatic nitrogens is 1. The SMILES string of the molecule is Cc1cnc(CNC(C)C2COc3ccccc32)o1. The van der Waals surface area contributed by atoms with Crippen LogP contribution < -0.4 is 10.1 Å². The summed E-state index contributed by atoms with van der Waals surface area (Å²) in [7, 11) is 0. The van der Waals surface area contributed by atoms with E-state index in [0.29, 0.717) is 18.5 Å². The Morgan fingerprint density at radius 2 is 2.26 bits per heavy atom. The Bertz CT molecular complexity index is 565. The monoisotopic (exact) mass is 258 g/mol. The van der Waals surface area contributed by atoms with Gasteiger partial charge in [0.25, 0.3) is 0 Å². The quantitative estimate of drug-likeness (QED) is 0.915. The average Bonchev–Trinajstić information content (AvgIpc) is 3.02. The van der Waals surface area contributed by atoms with E-state index in [-0.39, 0.29) is 0 Å². The fraction of sp³-hybridized carbons (Fsp3) is 0.400. The van der Waals surface area contributed by atoms with Gasteiger partial charge < -0.3 is 14.5 Å². The lowest BCUT2D eigenvalue weighted by Crippen LogP contribution is -2.32. The molecule has 0 saturated carbocycles. The number of rotatable bonds is 4. The van der Waals surface area contributed by atoms with E-state index in [9.17, 15) is 0 Å². The lowest BCUT2D eigenvalue weighted by Gasteiger charge is -2.19. The van der Waals surface area contributed by atoms with E-state index >= 15 is 0 Å². The van der Waals surface area contributed by atoms with Crippen molar-refractivity contribution in [3.8, 4) is 5.75 Å². The van der Waals surface area contributed by atoms with Crippen LogP contribution in [0.1, 0.15) is 30.1 Å². The smallest absolute Gasteiger partial charge is 0.208 e. The lowest BCUT2D eigenvalue weighted by atomic mass is 9.94. The van der Waals surface area contributed by atoms with E-state index in [1.807, 2.05) is 19.1 Å². The minimum absolute atomic E-state index is 0.316. The van der Waals surface area contributed by atoms with Crippen LogP contribution in [-0.4, -0.2) is 17.6 Å². The zero-order valence-electron chi connectivity index (χ0n) is 11.2. The highest BCUT2D eigenvalue weighted by Gasteiger charge is 2.28. The first-order chi connectivity index (χ1) is 9.24. The van der Waals surface area contributed by atoms with E-state index in [1.54, 1.807) is 6.20 Å². The number of fused-ring (bicyclic) bond motifs is 1. The van der Waals surface area contributed by atoms with Crippen molar-refractivity contribution in [1.82, 2.24) is 10.3 Å². The van der Waals surface area contributed by atoms with Crippen molar-refractivity contribution < 1.29 is 9.15 Å². The zero-order chi connectivity index (χ0) is 13.2. The summed E-state index contributed by atoms with van der Waals surface area (Å²) in [4.78, 5) is 4.20. The fourth-order valence-electron chi connectivity index (χ4n) is 2.48. The second-order valence-electron chi connectivity index (χ2n) is 4.99. The molecule has 1 aliphatic heterocycles. The Kier molecular flexibility index (Phi) is 3.25. The Morgan fingerprint density at radius 1 is 1.42 bits per heavy atom. The molecule has 0 amide bonds. The van der Waals surface area contributed by atoms with Gasteiger partial charge in [0.2, 0.25) is 5.89 Å². The molecule has 0 aliphatic carbocycles. The molecular weight excluding hydrogens is 240 g/mol. The number of hydrogen-bond donors (Lipinski definition) is 1.